The molecule has 2 aromatic carbocycles. The Balaban J connectivity index is 1.90. The molecule has 9 heteroatoms. The molecule has 2 rings (SSSR count). The van der Waals surface area contributed by atoms with Crippen molar-refractivity contribution in [2.24, 2.45) is 0 Å². The highest BCUT2D eigenvalue weighted by Gasteiger charge is 2.13. The summed E-state index contributed by atoms with van der Waals surface area (Å²) in [5.74, 6) is -0.531. The Morgan fingerprint density at radius 2 is 1.80 bits per heavy atom. The average molecular weight is 422 g/mol. The first-order valence-corrected chi connectivity index (χ1v) is 9.19. The van der Waals surface area contributed by atoms with Gasteiger partial charge in [0.25, 0.3) is 0 Å². The van der Waals surface area contributed by atoms with E-state index in [4.69, 9.17) is 9.47 Å². The van der Waals surface area contributed by atoms with Gasteiger partial charge in [0, 0.05) is 12.2 Å². The molecule has 1 N–H and O–H groups in total. The number of hydrogen-bond acceptors (Lipinski definition) is 6. The Hall–Kier alpha value is -3.20. The lowest BCUT2D eigenvalue weighted by atomic mass is 10.2. The van der Waals surface area contributed by atoms with Crippen LogP contribution in [0.25, 0.3) is 0 Å². The fourth-order valence-electron chi connectivity index (χ4n) is 2.72. The van der Waals surface area contributed by atoms with Crippen molar-refractivity contribution >= 4 is 17.6 Å². The van der Waals surface area contributed by atoms with E-state index in [1.165, 1.54) is 13.2 Å². The van der Waals surface area contributed by atoms with Crippen LogP contribution in [0.3, 0.4) is 0 Å². The number of methoxy groups -OCH3 is 1. The molecule has 0 aliphatic rings. The third-order valence-corrected chi connectivity index (χ3v) is 3.99. The van der Waals surface area contributed by atoms with Crippen LogP contribution in [0.5, 0.6) is 11.5 Å². The Bertz CT molecular complexity index is 859. The van der Waals surface area contributed by atoms with Crippen molar-refractivity contribution in [1.82, 2.24) is 4.90 Å². The second kappa shape index (κ2) is 11.1. The molecule has 7 nitrogen and oxygen atoms in total. The molecule has 0 spiro atoms. The highest BCUT2D eigenvalue weighted by molar-refractivity contribution is 5.94. The predicted molar refractivity (Wildman–Crippen MR) is 107 cm³/mol. The molecule has 0 atom stereocenters. The number of halogens is 2. The number of esters is 1. The zero-order chi connectivity index (χ0) is 22.1. The van der Waals surface area contributed by atoms with Gasteiger partial charge in [-0.25, -0.2) is 4.79 Å². The van der Waals surface area contributed by atoms with E-state index in [2.05, 4.69) is 10.1 Å². The zero-order valence-electron chi connectivity index (χ0n) is 17.0. The molecule has 0 saturated carbocycles. The minimum atomic E-state index is -2.94. The van der Waals surface area contributed by atoms with Crippen LogP contribution in [0, 0.1) is 0 Å². The van der Waals surface area contributed by atoms with E-state index in [-0.39, 0.29) is 30.6 Å². The average Bonchev–Trinajstić information content (AvgIpc) is 2.69. The summed E-state index contributed by atoms with van der Waals surface area (Å²) in [6, 6.07) is 11.0. The number of nitrogens with zero attached hydrogens (tertiary/aromatic N) is 1. The highest BCUT2D eigenvalue weighted by Crippen LogP contribution is 2.29. The minimum Gasteiger partial charge on any atom is -0.493 e. The molecular formula is C21H24F2N2O5. The molecule has 0 aliphatic heterocycles. The maximum Gasteiger partial charge on any atom is 0.387 e. The lowest BCUT2D eigenvalue weighted by Crippen LogP contribution is -2.29. The molecule has 1 amide bonds. The van der Waals surface area contributed by atoms with Crippen molar-refractivity contribution in [1.29, 1.82) is 0 Å². The number of rotatable bonds is 10. The standard InChI is InChI=1S/C21H24F2N2O5/c1-4-29-20(27)15-6-8-16(9-7-15)24-19(26)13-25(2)12-14-5-10-17(30-21(22)23)18(11-14)28-3/h5-11,21H,4,12-13H2,1-3H3,(H,24,26). The summed E-state index contributed by atoms with van der Waals surface area (Å²) in [5, 5.41) is 2.75. The van der Waals surface area contributed by atoms with Crippen molar-refractivity contribution in [3.8, 4) is 11.5 Å². The molecule has 0 heterocycles. The SMILES string of the molecule is CCOC(=O)c1ccc(NC(=O)CN(C)Cc2ccc(OC(F)F)c(OC)c2)cc1. The van der Waals surface area contributed by atoms with Gasteiger partial charge in [-0.3, -0.25) is 9.69 Å². The zero-order valence-corrected chi connectivity index (χ0v) is 17.0. The maximum absolute atomic E-state index is 12.4. The summed E-state index contributed by atoms with van der Waals surface area (Å²) in [5.41, 5.74) is 1.72. The van der Waals surface area contributed by atoms with Gasteiger partial charge in [-0.2, -0.15) is 8.78 Å². The molecule has 0 radical (unpaired) electrons. The first-order valence-electron chi connectivity index (χ1n) is 9.19. The van der Waals surface area contributed by atoms with Crippen LogP contribution >= 0.6 is 0 Å². The van der Waals surface area contributed by atoms with E-state index in [1.54, 1.807) is 55.3 Å². The third-order valence-electron chi connectivity index (χ3n) is 3.99. The Labute approximate surface area is 173 Å². The van der Waals surface area contributed by atoms with Crippen molar-refractivity contribution in [2.75, 3.05) is 32.6 Å². The van der Waals surface area contributed by atoms with Crippen molar-refractivity contribution in [3.05, 3.63) is 53.6 Å². The molecule has 30 heavy (non-hydrogen) atoms. The van der Waals surface area contributed by atoms with Crippen LogP contribution in [0.2, 0.25) is 0 Å². The van der Waals surface area contributed by atoms with Gasteiger partial charge in [0.15, 0.2) is 11.5 Å². The summed E-state index contributed by atoms with van der Waals surface area (Å²) in [7, 11) is 3.11. The van der Waals surface area contributed by atoms with Crippen LogP contribution in [0.4, 0.5) is 14.5 Å². The lowest BCUT2D eigenvalue weighted by Gasteiger charge is -2.18. The van der Waals surface area contributed by atoms with Crippen molar-refractivity contribution in [2.45, 2.75) is 20.1 Å². The Morgan fingerprint density at radius 3 is 2.40 bits per heavy atom. The lowest BCUT2D eigenvalue weighted by molar-refractivity contribution is -0.117. The third kappa shape index (κ3) is 7.00. The topological polar surface area (TPSA) is 77.1 Å². The second-order valence-corrected chi connectivity index (χ2v) is 6.38. The summed E-state index contributed by atoms with van der Waals surface area (Å²) < 4.78 is 39.2. The summed E-state index contributed by atoms with van der Waals surface area (Å²) >= 11 is 0. The van der Waals surface area contributed by atoms with Gasteiger partial charge < -0.3 is 19.5 Å². The van der Waals surface area contributed by atoms with E-state index < -0.39 is 12.6 Å². The number of likely N-dealkylation sites (N-methyl/N-ethyl adjacent to an activating group) is 1. The van der Waals surface area contributed by atoms with Gasteiger partial charge in [0.1, 0.15) is 0 Å². The second-order valence-electron chi connectivity index (χ2n) is 6.38. The van der Waals surface area contributed by atoms with E-state index in [9.17, 15) is 18.4 Å². The number of anilines is 1. The number of ether oxygens (including phenoxy) is 3. The molecule has 0 aromatic heterocycles. The van der Waals surface area contributed by atoms with Crippen LogP contribution in [-0.2, 0) is 16.1 Å². The van der Waals surface area contributed by atoms with Crippen LogP contribution in [0.15, 0.2) is 42.5 Å². The normalized spacial score (nSPS) is 10.8. The van der Waals surface area contributed by atoms with Gasteiger partial charge in [0.05, 0.1) is 25.8 Å². The number of carbonyl (C=O) groups is 2. The summed E-state index contributed by atoms with van der Waals surface area (Å²) in [6.07, 6.45) is 0. The molecule has 0 aliphatic carbocycles. The first kappa shape index (κ1) is 23.1. The quantitative estimate of drug-likeness (QED) is 0.590. The number of hydrogen-bond donors (Lipinski definition) is 1. The fraction of sp³-hybridized carbons (Fsp3) is 0.333. The highest BCUT2D eigenvalue weighted by atomic mass is 19.3. The number of alkyl halides is 2. The van der Waals surface area contributed by atoms with Crippen LogP contribution in [0.1, 0.15) is 22.8 Å². The maximum atomic E-state index is 12.4. The molecule has 0 saturated heterocycles. The van der Waals surface area contributed by atoms with Gasteiger partial charge in [-0.1, -0.05) is 6.07 Å². The van der Waals surface area contributed by atoms with Gasteiger partial charge in [-0.15, -0.1) is 0 Å². The Kier molecular flexibility index (Phi) is 8.54. The molecule has 2 aromatic rings. The van der Waals surface area contributed by atoms with E-state index >= 15 is 0 Å². The summed E-state index contributed by atoms with van der Waals surface area (Å²) in [6.45, 7) is -0.442. The number of amides is 1. The molecule has 0 fully saturated rings. The van der Waals surface area contributed by atoms with Crippen molar-refractivity contribution in [3.63, 3.8) is 0 Å². The minimum absolute atomic E-state index is 0.0529. The monoisotopic (exact) mass is 422 g/mol. The predicted octanol–water partition coefficient (Wildman–Crippen LogP) is 3.54. The molecule has 0 unspecified atom stereocenters. The van der Waals surface area contributed by atoms with Gasteiger partial charge in [0.2, 0.25) is 5.91 Å². The Morgan fingerprint density at radius 1 is 1.10 bits per heavy atom. The van der Waals surface area contributed by atoms with Crippen molar-refractivity contribution < 1.29 is 32.6 Å². The first-order chi connectivity index (χ1) is 14.3. The molecule has 0 bridgehead atoms. The van der Waals surface area contributed by atoms with Gasteiger partial charge >= 0.3 is 12.6 Å². The number of nitrogens with one attached hydrogen (secondary N) is 1. The van der Waals surface area contributed by atoms with Crippen LogP contribution < -0.4 is 14.8 Å². The van der Waals surface area contributed by atoms with E-state index in [1.807, 2.05) is 0 Å². The fourth-order valence-corrected chi connectivity index (χ4v) is 2.72. The molecular weight excluding hydrogens is 398 g/mol. The largest absolute Gasteiger partial charge is 0.493 e. The summed E-state index contributed by atoms with van der Waals surface area (Å²) in [4.78, 5) is 25.7. The smallest absolute Gasteiger partial charge is 0.387 e. The number of carbonyl (C=O) groups excluding carboxylic acids is 2. The number of benzene rings is 2. The van der Waals surface area contributed by atoms with E-state index in [0.717, 1.165) is 5.56 Å². The van der Waals surface area contributed by atoms with Gasteiger partial charge in [-0.05, 0) is 55.9 Å². The van der Waals surface area contributed by atoms with E-state index in [0.29, 0.717) is 17.8 Å². The van der Waals surface area contributed by atoms with Crippen LogP contribution in [-0.4, -0.2) is 50.7 Å². The molecule has 162 valence electrons.